The highest BCUT2D eigenvalue weighted by atomic mass is 16.1. The summed E-state index contributed by atoms with van der Waals surface area (Å²) < 4.78 is 0. The first kappa shape index (κ1) is 18.8. The molecule has 0 saturated heterocycles. The number of nitrogens with one attached hydrogen (secondary N) is 2. The minimum Gasteiger partial charge on any atom is -0.354 e. The Labute approximate surface area is 158 Å². The number of hydrogen-bond acceptors (Lipinski definition) is 4. The van der Waals surface area contributed by atoms with Crippen molar-refractivity contribution in [3.05, 3.63) is 76.2 Å². The summed E-state index contributed by atoms with van der Waals surface area (Å²) >= 11 is 0. The fraction of sp³-hybridized carbons (Fsp3) is 0.286. The molecule has 1 amide bonds. The van der Waals surface area contributed by atoms with Gasteiger partial charge in [0.2, 0.25) is 5.91 Å². The monoisotopic (exact) mass is 364 g/mol. The van der Waals surface area contributed by atoms with E-state index in [0.29, 0.717) is 23.0 Å². The maximum Gasteiger partial charge on any atom is 0.272 e. The van der Waals surface area contributed by atoms with Crippen LogP contribution in [-0.4, -0.2) is 47.7 Å². The molecule has 140 valence electrons. The highest BCUT2D eigenvalue weighted by Gasteiger charge is 2.15. The van der Waals surface area contributed by atoms with Crippen molar-refractivity contribution in [3.8, 4) is 0 Å². The van der Waals surface area contributed by atoms with Gasteiger partial charge in [-0.25, -0.2) is 5.10 Å². The van der Waals surface area contributed by atoms with E-state index in [2.05, 4.69) is 32.5 Å². The predicted octanol–water partition coefficient (Wildman–Crippen LogP) is 1.75. The van der Waals surface area contributed by atoms with Crippen LogP contribution in [0.2, 0.25) is 0 Å². The average molecular weight is 364 g/mol. The number of amides is 1. The normalized spacial score (nSPS) is 12.3. The van der Waals surface area contributed by atoms with Crippen molar-refractivity contribution >= 4 is 16.7 Å². The summed E-state index contributed by atoms with van der Waals surface area (Å²) in [4.78, 5) is 26.4. The molecular weight excluding hydrogens is 340 g/mol. The third kappa shape index (κ3) is 4.80. The molecule has 0 aliphatic carbocycles. The minimum absolute atomic E-state index is 0.111. The Morgan fingerprint density at radius 1 is 1.07 bits per heavy atom. The van der Waals surface area contributed by atoms with E-state index < -0.39 is 0 Å². The smallest absolute Gasteiger partial charge is 0.272 e. The third-order valence-corrected chi connectivity index (χ3v) is 4.68. The maximum atomic E-state index is 12.5. The second-order valence-corrected chi connectivity index (χ2v) is 6.83. The van der Waals surface area contributed by atoms with Gasteiger partial charge in [0, 0.05) is 18.0 Å². The molecule has 27 heavy (non-hydrogen) atoms. The van der Waals surface area contributed by atoms with E-state index in [1.807, 2.05) is 44.4 Å². The van der Waals surface area contributed by atoms with Gasteiger partial charge in [-0.3, -0.25) is 9.59 Å². The van der Waals surface area contributed by atoms with Gasteiger partial charge in [-0.1, -0.05) is 48.5 Å². The number of carbonyl (C=O) groups is 1. The van der Waals surface area contributed by atoms with Gasteiger partial charge in [-0.2, -0.15) is 5.10 Å². The van der Waals surface area contributed by atoms with E-state index in [1.54, 1.807) is 12.1 Å². The second-order valence-electron chi connectivity index (χ2n) is 6.83. The van der Waals surface area contributed by atoms with Gasteiger partial charge in [-0.15, -0.1) is 0 Å². The maximum absolute atomic E-state index is 12.5. The Kier molecular flexibility index (Phi) is 5.98. The van der Waals surface area contributed by atoms with E-state index in [0.717, 1.165) is 6.42 Å². The van der Waals surface area contributed by atoms with Gasteiger partial charge in [0.15, 0.2) is 0 Å². The Balaban J connectivity index is 1.65. The molecule has 6 nitrogen and oxygen atoms in total. The van der Waals surface area contributed by atoms with Gasteiger partial charge in [0.05, 0.1) is 17.5 Å². The Morgan fingerprint density at radius 3 is 2.44 bits per heavy atom. The number of hydrogen-bond donors (Lipinski definition) is 2. The van der Waals surface area contributed by atoms with Crippen molar-refractivity contribution in [2.75, 3.05) is 20.6 Å². The number of rotatable bonds is 7. The van der Waals surface area contributed by atoms with Gasteiger partial charge < -0.3 is 10.2 Å². The summed E-state index contributed by atoms with van der Waals surface area (Å²) in [6, 6.07) is 17.6. The molecule has 1 unspecified atom stereocenters. The van der Waals surface area contributed by atoms with Crippen LogP contribution in [0.15, 0.2) is 59.4 Å². The molecule has 2 aromatic carbocycles. The van der Waals surface area contributed by atoms with E-state index in [-0.39, 0.29) is 23.9 Å². The number of aromatic amines is 1. The lowest BCUT2D eigenvalue weighted by Gasteiger charge is -2.24. The number of fused-ring (bicyclic) bond motifs is 1. The van der Waals surface area contributed by atoms with Crippen molar-refractivity contribution in [2.45, 2.75) is 18.9 Å². The number of H-pyrrole nitrogens is 1. The molecule has 0 fully saturated rings. The molecule has 0 saturated carbocycles. The summed E-state index contributed by atoms with van der Waals surface area (Å²) in [7, 11) is 4.02. The van der Waals surface area contributed by atoms with Gasteiger partial charge in [0.1, 0.15) is 0 Å². The number of carbonyl (C=O) groups excluding carboxylic acids is 1. The van der Waals surface area contributed by atoms with E-state index in [1.165, 1.54) is 5.56 Å². The number of aromatic nitrogens is 2. The fourth-order valence-corrected chi connectivity index (χ4v) is 3.08. The Hall–Kier alpha value is -2.99. The average Bonchev–Trinajstić information content (AvgIpc) is 2.68. The molecule has 2 N–H and O–H groups in total. The first-order chi connectivity index (χ1) is 13.0. The van der Waals surface area contributed by atoms with Crippen molar-refractivity contribution in [1.82, 2.24) is 20.4 Å². The van der Waals surface area contributed by atoms with E-state index in [4.69, 9.17) is 0 Å². The molecule has 1 heterocycles. The van der Waals surface area contributed by atoms with Crippen molar-refractivity contribution in [3.63, 3.8) is 0 Å². The zero-order valence-electron chi connectivity index (χ0n) is 15.6. The molecule has 3 rings (SSSR count). The Bertz CT molecular complexity index is 967. The van der Waals surface area contributed by atoms with Crippen LogP contribution in [0.5, 0.6) is 0 Å². The molecule has 0 bridgehead atoms. The van der Waals surface area contributed by atoms with Crippen LogP contribution in [0, 0.1) is 0 Å². The van der Waals surface area contributed by atoms with Gasteiger partial charge in [-0.05, 0) is 32.1 Å². The van der Waals surface area contributed by atoms with Crippen LogP contribution in [0.4, 0.5) is 0 Å². The molecule has 3 aromatic rings. The summed E-state index contributed by atoms with van der Waals surface area (Å²) in [6.45, 7) is 0.544. The van der Waals surface area contributed by atoms with Crippen molar-refractivity contribution in [1.29, 1.82) is 0 Å². The highest BCUT2D eigenvalue weighted by molar-refractivity contribution is 5.88. The van der Waals surface area contributed by atoms with Crippen LogP contribution in [-0.2, 0) is 17.6 Å². The van der Waals surface area contributed by atoms with Crippen LogP contribution >= 0.6 is 0 Å². The molecule has 0 radical (unpaired) electrons. The van der Waals surface area contributed by atoms with Crippen molar-refractivity contribution < 1.29 is 4.79 Å². The molecule has 1 aromatic heterocycles. The van der Waals surface area contributed by atoms with Crippen LogP contribution in [0.25, 0.3) is 10.8 Å². The standard InChI is InChI=1S/C21H24N4O2/c1-25(2)16(12-15-8-4-3-5-9-15)14-22-20(26)13-19-17-10-6-7-11-18(17)21(27)24-23-19/h3-11,16H,12-14H2,1-2H3,(H,22,26)(H,24,27). The zero-order chi connectivity index (χ0) is 19.2. The quantitative estimate of drug-likeness (QED) is 0.670. The van der Waals surface area contributed by atoms with Crippen LogP contribution in [0.1, 0.15) is 11.3 Å². The largest absolute Gasteiger partial charge is 0.354 e. The lowest BCUT2D eigenvalue weighted by Crippen LogP contribution is -2.42. The summed E-state index contributed by atoms with van der Waals surface area (Å²) in [5.74, 6) is -0.111. The van der Waals surface area contributed by atoms with Gasteiger partial charge in [0.25, 0.3) is 5.56 Å². The van der Waals surface area contributed by atoms with Gasteiger partial charge >= 0.3 is 0 Å². The second kappa shape index (κ2) is 8.60. The SMILES string of the molecule is CN(C)C(CNC(=O)Cc1n[nH]c(=O)c2ccccc12)Cc1ccccc1. The number of likely N-dealkylation sites (N-methyl/N-ethyl adjacent to an activating group) is 1. The van der Waals surface area contributed by atoms with Crippen LogP contribution < -0.4 is 10.9 Å². The minimum atomic E-state index is -0.245. The topological polar surface area (TPSA) is 78.1 Å². The molecular formula is C21H24N4O2. The van der Waals surface area contributed by atoms with Crippen molar-refractivity contribution in [2.24, 2.45) is 0 Å². The fourth-order valence-electron chi connectivity index (χ4n) is 3.08. The first-order valence-corrected chi connectivity index (χ1v) is 8.98. The lowest BCUT2D eigenvalue weighted by molar-refractivity contribution is -0.120. The molecule has 0 aliphatic heterocycles. The number of nitrogens with zero attached hydrogens (tertiary/aromatic N) is 2. The van der Waals surface area contributed by atoms with E-state index >= 15 is 0 Å². The molecule has 0 aliphatic rings. The molecule has 1 atom stereocenters. The third-order valence-electron chi connectivity index (χ3n) is 4.68. The zero-order valence-corrected chi connectivity index (χ0v) is 15.6. The van der Waals surface area contributed by atoms with E-state index in [9.17, 15) is 9.59 Å². The lowest BCUT2D eigenvalue weighted by atomic mass is 10.0. The summed E-state index contributed by atoms with van der Waals surface area (Å²) in [6.07, 6.45) is 0.983. The first-order valence-electron chi connectivity index (χ1n) is 8.98. The predicted molar refractivity (Wildman–Crippen MR) is 107 cm³/mol. The number of benzene rings is 2. The molecule has 0 spiro atoms. The summed E-state index contributed by atoms with van der Waals surface area (Å²) in [5, 5.41) is 10.8. The Morgan fingerprint density at radius 2 is 1.74 bits per heavy atom. The molecule has 6 heteroatoms. The van der Waals surface area contributed by atoms with Crippen LogP contribution in [0.3, 0.4) is 0 Å². The highest BCUT2D eigenvalue weighted by Crippen LogP contribution is 2.13. The summed E-state index contributed by atoms with van der Waals surface area (Å²) in [5.41, 5.74) is 1.57.